The van der Waals surface area contributed by atoms with Gasteiger partial charge in [0, 0.05) is 12.2 Å². The second kappa shape index (κ2) is 2.05. The molecule has 48 valence electrons. The average Bonchev–Trinajstić information content (AvgIpc) is 2.33. The summed E-state index contributed by atoms with van der Waals surface area (Å²) in [4.78, 5) is 0. The Hall–Kier alpha value is -0.460. The highest BCUT2D eigenvalue weighted by Gasteiger charge is 2.16. The molecule has 1 aliphatic heterocycles. The molecular formula is C8H11N. The fourth-order valence-electron chi connectivity index (χ4n) is 1.55. The van der Waals surface area contributed by atoms with Gasteiger partial charge in [-0.3, -0.25) is 0 Å². The summed E-state index contributed by atoms with van der Waals surface area (Å²) in [5.41, 5.74) is 3.13. The monoisotopic (exact) mass is 121 g/mol. The molecule has 9 heavy (non-hydrogen) atoms. The molecule has 1 N–H and O–H groups in total. The molecule has 2 radical (unpaired) electrons. The van der Waals surface area contributed by atoms with Crippen LogP contribution in [0.5, 0.6) is 0 Å². The van der Waals surface area contributed by atoms with E-state index in [0.29, 0.717) is 0 Å². The number of hydrogen-bond donors (Lipinski definition) is 1. The molecule has 1 aliphatic carbocycles. The van der Waals surface area contributed by atoms with E-state index in [1.807, 2.05) is 0 Å². The van der Waals surface area contributed by atoms with E-state index < -0.39 is 0 Å². The second-order valence-electron chi connectivity index (χ2n) is 2.69. The number of rotatable bonds is 0. The van der Waals surface area contributed by atoms with E-state index >= 15 is 0 Å². The molecular weight excluding hydrogens is 110 g/mol. The summed E-state index contributed by atoms with van der Waals surface area (Å²) in [5, 5.41) is 3.40. The van der Waals surface area contributed by atoms with Crippen LogP contribution in [-0.2, 0) is 0 Å². The lowest BCUT2D eigenvalue weighted by Crippen LogP contribution is -2.08. The Balaban J connectivity index is 2.17. The van der Waals surface area contributed by atoms with Crippen molar-refractivity contribution in [2.24, 2.45) is 0 Å². The predicted octanol–water partition coefficient (Wildman–Crippen LogP) is 1.50. The van der Waals surface area contributed by atoms with Crippen molar-refractivity contribution in [1.82, 2.24) is 5.32 Å². The van der Waals surface area contributed by atoms with E-state index in [9.17, 15) is 0 Å². The summed E-state index contributed by atoms with van der Waals surface area (Å²) in [5.74, 6) is 0. The Morgan fingerprint density at radius 1 is 1.33 bits per heavy atom. The van der Waals surface area contributed by atoms with Crippen LogP contribution in [0.3, 0.4) is 0 Å². The molecule has 0 aromatic heterocycles. The van der Waals surface area contributed by atoms with Gasteiger partial charge in [-0.1, -0.05) is 0 Å². The van der Waals surface area contributed by atoms with Gasteiger partial charge in [-0.25, -0.2) is 0 Å². The number of nitrogens with one attached hydrogen (secondary N) is 1. The molecule has 0 unspecified atom stereocenters. The molecule has 0 fully saturated rings. The van der Waals surface area contributed by atoms with E-state index in [1.54, 1.807) is 5.57 Å². The first kappa shape index (κ1) is 5.33. The zero-order valence-electron chi connectivity index (χ0n) is 5.54. The highest BCUT2D eigenvalue weighted by Crippen LogP contribution is 2.27. The van der Waals surface area contributed by atoms with Crippen molar-refractivity contribution < 1.29 is 0 Å². The van der Waals surface area contributed by atoms with Gasteiger partial charge >= 0.3 is 0 Å². The minimum Gasteiger partial charge on any atom is -0.388 e. The molecule has 2 aliphatic rings. The van der Waals surface area contributed by atoms with Crippen LogP contribution in [0, 0.1) is 6.42 Å². The van der Waals surface area contributed by atoms with E-state index in [2.05, 4.69) is 11.7 Å². The Morgan fingerprint density at radius 3 is 3.22 bits per heavy atom. The molecule has 0 atom stereocenters. The van der Waals surface area contributed by atoms with Crippen LogP contribution in [-0.4, -0.2) is 6.54 Å². The molecule has 0 aromatic rings. The van der Waals surface area contributed by atoms with Crippen LogP contribution in [0.1, 0.15) is 25.7 Å². The van der Waals surface area contributed by atoms with Gasteiger partial charge in [-0.05, 0) is 37.7 Å². The van der Waals surface area contributed by atoms with Crippen LogP contribution in [0.25, 0.3) is 0 Å². The predicted molar refractivity (Wildman–Crippen MR) is 36.7 cm³/mol. The van der Waals surface area contributed by atoms with Gasteiger partial charge < -0.3 is 5.32 Å². The minimum absolute atomic E-state index is 1.13. The van der Waals surface area contributed by atoms with E-state index in [-0.39, 0.29) is 0 Å². The van der Waals surface area contributed by atoms with Crippen molar-refractivity contribution in [3.63, 3.8) is 0 Å². The fourth-order valence-corrected chi connectivity index (χ4v) is 1.55. The zero-order chi connectivity index (χ0) is 6.10. The Morgan fingerprint density at radius 2 is 2.33 bits per heavy atom. The lowest BCUT2D eigenvalue weighted by atomic mass is 9.97. The van der Waals surface area contributed by atoms with Crippen LogP contribution >= 0.6 is 0 Å². The van der Waals surface area contributed by atoms with Gasteiger partial charge in [0.25, 0.3) is 0 Å². The van der Waals surface area contributed by atoms with Crippen molar-refractivity contribution in [1.29, 1.82) is 0 Å². The molecule has 0 saturated heterocycles. The lowest BCUT2D eigenvalue weighted by Gasteiger charge is -2.11. The first-order valence-electron chi connectivity index (χ1n) is 3.62. The first-order chi connectivity index (χ1) is 4.47. The average molecular weight is 121 g/mol. The summed E-state index contributed by atoms with van der Waals surface area (Å²) in [6.45, 7) is 1.17. The Kier molecular flexibility index (Phi) is 1.22. The molecule has 0 spiro atoms. The molecule has 2 rings (SSSR count). The van der Waals surface area contributed by atoms with Crippen LogP contribution < -0.4 is 5.32 Å². The first-order valence-corrected chi connectivity index (χ1v) is 3.62. The fraction of sp³-hybridized carbons (Fsp3) is 0.625. The quantitative estimate of drug-likeness (QED) is 0.512. The smallest absolute Gasteiger partial charge is 0.0181 e. The molecule has 0 amide bonds. The number of hydrogen-bond acceptors (Lipinski definition) is 1. The van der Waals surface area contributed by atoms with E-state index in [0.717, 1.165) is 12.8 Å². The summed E-state index contributed by atoms with van der Waals surface area (Å²) in [6.07, 6.45) is 8.13. The maximum Gasteiger partial charge on any atom is 0.0181 e. The number of allylic oxidation sites excluding steroid dienone is 1. The van der Waals surface area contributed by atoms with Gasteiger partial charge in [-0.15, -0.1) is 0 Å². The van der Waals surface area contributed by atoms with Gasteiger partial charge in [0.15, 0.2) is 0 Å². The van der Waals surface area contributed by atoms with Gasteiger partial charge in [0.05, 0.1) is 0 Å². The van der Waals surface area contributed by atoms with Crippen molar-refractivity contribution in [3.05, 3.63) is 17.7 Å². The molecule has 0 saturated carbocycles. The van der Waals surface area contributed by atoms with E-state index in [1.165, 1.54) is 25.1 Å². The van der Waals surface area contributed by atoms with Crippen LogP contribution in [0.4, 0.5) is 0 Å². The Bertz CT molecular complexity index is 131. The minimum atomic E-state index is 1.13. The zero-order valence-corrected chi connectivity index (χ0v) is 5.54. The maximum absolute atomic E-state index is 3.40. The summed E-state index contributed by atoms with van der Waals surface area (Å²) >= 11 is 0. The standard InChI is InChI=1S/C8H11N/c1-2-4-8-7(3-1)5-6-9-8/h9H,2-6H2. The van der Waals surface area contributed by atoms with Crippen molar-refractivity contribution in [2.75, 3.05) is 6.54 Å². The molecule has 1 heteroatoms. The van der Waals surface area contributed by atoms with Crippen molar-refractivity contribution in [2.45, 2.75) is 25.7 Å². The third-order valence-corrected chi connectivity index (χ3v) is 2.08. The lowest BCUT2D eigenvalue weighted by molar-refractivity contribution is 0.770. The van der Waals surface area contributed by atoms with Gasteiger partial charge in [0.2, 0.25) is 0 Å². The van der Waals surface area contributed by atoms with Crippen molar-refractivity contribution >= 4 is 0 Å². The maximum atomic E-state index is 3.40. The highest BCUT2D eigenvalue weighted by molar-refractivity contribution is 5.22. The normalized spacial score (nSPS) is 25.8. The molecule has 0 bridgehead atoms. The SMILES string of the molecule is [C]1CCC2=C(C1)CCN2. The Labute approximate surface area is 56.1 Å². The van der Waals surface area contributed by atoms with Gasteiger partial charge in [-0.2, -0.15) is 0 Å². The van der Waals surface area contributed by atoms with Crippen LogP contribution in [0.15, 0.2) is 11.3 Å². The largest absolute Gasteiger partial charge is 0.388 e. The highest BCUT2D eigenvalue weighted by atomic mass is 14.9. The third kappa shape index (κ3) is 0.846. The summed E-state index contributed by atoms with van der Waals surface area (Å²) in [7, 11) is 0. The summed E-state index contributed by atoms with van der Waals surface area (Å²) in [6, 6.07) is 0. The van der Waals surface area contributed by atoms with Crippen LogP contribution in [0.2, 0.25) is 0 Å². The molecule has 1 nitrogen and oxygen atoms in total. The molecule has 0 aromatic carbocycles. The topological polar surface area (TPSA) is 12.0 Å². The third-order valence-electron chi connectivity index (χ3n) is 2.08. The molecule has 1 heterocycles. The summed E-state index contributed by atoms with van der Waals surface area (Å²) < 4.78 is 0. The van der Waals surface area contributed by atoms with E-state index in [4.69, 9.17) is 0 Å². The van der Waals surface area contributed by atoms with Gasteiger partial charge in [0.1, 0.15) is 0 Å². The van der Waals surface area contributed by atoms with Crippen molar-refractivity contribution in [3.8, 4) is 0 Å². The second-order valence-corrected chi connectivity index (χ2v) is 2.69.